The second-order valence-corrected chi connectivity index (χ2v) is 4.73. The van der Waals surface area contributed by atoms with Gasteiger partial charge in [-0.25, -0.2) is 4.98 Å². The van der Waals surface area contributed by atoms with E-state index in [4.69, 9.17) is 5.11 Å². The minimum Gasteiger partial charge on any atom is -0.391 e. The Labute approximate surface area is 105 Å². The molecule has 0 saturated heterocycles. The number of anilines is 1. The van der Waals surface area contributed by atoms with Gasteiger partial charge in [0.05, 0.1) is 11.5 Å². The molecule has 0 fully saturated rings. The Morgan fingerprint density at radius 1 is 1.35 bits per heavy atom. The molecule has 17 heavy (non-hydrogen) atoms. The first-order valence-corrected chi connectivity index (χ1v) is 6.34. The van der Waals surface area contributed by atoms with Gasteiger partial charge in [0.2, 0.25) is 0 Å². The first kappa shape index (κ1) is 12.0. The van der Waals surface area contributed by atoms with Gasteiger partial charge < -0.3 is 10.0 Å². The van der Waals surface area contributed by atoms with Crippen LogP contribution in [0.2, 0.25) is 0 Å². The number of hydrogen-bond donors (Lipinski definition) is 1. The van der Waals surface area contributed by atoms with Gasteiger partial charge >= 0.3 is 0 Å². The van der Waals surface area contributed by atoms with Gasteiger partial charge in [0.1, 0.15) is 0 Å². The van der Waals surface area contributed by atoms with E-state index in [0.717, 1.165) is 23.1 Å². The van der Waals surface area contributed by atoms with E-state index >= 15 is 0 Å². The minimum atomic E-state index is 0.0600. The molecule has 2 heterocycles. The summed E-state index contributed by atoms with van der Waals surface area (Å²) < 4.78 is 0. The van der Waals surface area contributed by atoms with Crippen LogP contribution in [0.1, 0.15) is 17.4 Å². The van der Waals surface area contributed by atoms with Gasteiger partial charge in [0.25, 0.3) is 0 Å². The topological polar surface area (TPSA) is 49.2 Å². The zero-order valence-electron chi connectivity index (χ0n) is 9.71. The summed E-state index contributed by atoms with van der Waals surface area (Å²) in [5.74, 6) is 0. The smallest absolute Gasteiger partial charge is 0.185 e. The van der Waals surface area contributed by atoms with Crippen molar-refractivity contribution in [1.29, 1.82) is 0 Å². The Bertz CT molecular complexity index is 458. The normalized spacial score (nSPS) is 10.5. The highest BCUT2D eigenvalue weighted by Crippen LogP contribution is 2.23. The molecule has 0 saturated carbocycles. The van der Waals surface area contributed by atoms with Crippen molar-refractivity contribution < 1.29 is 5.11 Å². The molecular weight excluding hydrogens is 234 g/mol. The van der Waals surface area contributed by atoms with Crippen LogP contribution < -0.4 is 4.90 Å². The molecule has 0 aliphatic rings. The maximum atomic E-state index is 9.04. The quantitative estimate of drug-likeness (QED) is 0.881. The summed E-state index contributed by atoms with van der Waals surface area (Å²) in [5.41, 5.74) is 1.21. The average molecular weight is 249 g/mol. The first-order valence-electron chi connectivity index (χ1n) is 5.53. The Kier molecular flexibility index (Phi) is 4.06. The van der Waals surface area contributed by atoms with Crippen molar-refractivity contribution in [3.05, 3.63) is 41.2 Å². The van der Waals surface area contributed by atoms with E-state index in [-0.39, 0.29) is 6.61 Å². The van der Waals surface area contributed by atoms with Crippen molar-refractivity contribution in [2.24, 2.45) is 0 Å². The van der Waals surface area contributed by atoms with E-state index in [1.54, 1.807) is 18.6 Å². The van der Waals surface area contributed by atoms with Crippen LogP contribution in [0.15, 0.2) is 30.7 Å². The van der Waals surface area contributed by atoms with Crippen molar-refractivity contribution in [2.75, 3.05) is 11.4 Å². The summed E-state index contributed by atoms with van der Waals surface area (Å²) in [6, 6.07) is 4.01. The van der Waals surface area contributed by atoms with Crippen LogP contribution in [0.5, 0.6) is 0 Å². The van der Waals surface area contributed by atoms with Crippen molar-refractivity contribution in [1.82, 2.24) is 9.97 Å². The first-order chi connectivity index (χ1) is 8.33. The fourth-order valence-corrected chi connectivity index (χ4v) is 2.37. The van der Waals surface area contributed by atoms with Crippen LogP contribution in [0.4, 0.5) is 5.13 Å². The third kappa shape index (κ3) is 3.01. The predicted molar refractivity (Wildman–Crippen MR) is 69.0 cm³/mol. The molecule has 0 spiro atoms. The van der Waals surface area contributed by atoms with E-state index in [1.807, 2.05) is 12.1 Å². The van der Waals surface area contributed by atoms with Gasteiger partial charge in [-0.1, -0.05) is 11.3 Å². The van der Waals surface area contributed by atoms with E-state index in [0.29, 0.717) is 0 Å². The fraction of sp³-hybridized carbons (Fsp3) is 0.333. The number of hydrogen-bond acceptors (Lipinski definition) is 5. The highest BCUT2D eigenvalue weighted by molar-refractivity contribution is 7.15. The monoisotopic (exact) mass is 249 g/mol. The zero-order valence-corrected chi connectivity index (χ0v) is 10.5. The van der Waals surface area contributed by atoms with Crippen LogP contribution in [0.3, 0.4) is 0 Å². The maximum absolute atomic E-state index is 9.04. The van der Waals surface area contributed by atoms with E-state index in [9.17, 15) is 0 Å². The SMILES string of the molecule is CCN(Cc1ccncc1)c1ncc(CO)s1. The molecule has 0 aliphatic heterocycles. The van der Waals surface area contributed by atoms with Gasteiger partial charge in [0.15, 0.2) is 5.13 Å². The van der Waals surface area contributed by atoms with Crippen molar-refractivity contribution in [3.63, 3.8) is 0 Å². The lowest BCUT2D eigenvalue weighted by atomic mass is 10.2. The fourth-order valence-electron chi connectivity index (χ4n) is 1.54. The van der Waals surface area contributed by atoms with Crippen LogP contribution in [-0.2, 0) is 13.2 Å². The highest BCUT2D eigenvalue weighted by atomic mass is 32.1. The number of rotatable bonds is 5. The van der Waals surface area contributed by atoms with Gasteiger partial charge in [-0.05, 0) is 24.6 Å². The Morgan fingerprint density at radius 2 is 2.12 bits per heavy atom. The maximum Gasteiger partial charge on any atom is 0.185 e. The molecular formula is C12H15N3OS. The van der Waals surface area contributed by atoms with Crippen molar-refractivity contribution in [2.45, 2.75) is 20.1 Å². The van der Waals surface area contributed by atoms with Crippen molar-refractivity contribution in [3.8, 4) is 0 Å². The second kappa shape index (κ2) is 5.75. The Hall–Kier alpha value is -1.46. The third-order valence-electron chi connectivity index (χ3n) is 2.47. The van der Waals surface area contributed by atoms with Gasteiger partial charge in [0, 0.05) is 31.7 Å². The second-order valence-electron chi connectivity index (χ2n) is 3.64. The van der Waals surface area contributed by atoms with Crippen LogP contribution in [-0.4, -0.2) is 21.6 Å². The summed E-state index contributed by atoms with van der Waals surface area (Å²) in [5, 5.41) is 9.99. The molecule has 0 atom stereocenters. The Balaban J connectivity index is 2.11. The lowest BCUT2D eigenvalue weighted by Gasteiger charge is -2.19. The molecule has 4 nitrogen and oxygen atoms in total. The molecule has 1 N–H and O–H groups in total. The molecule has 2 aromatic heterocycles. The molecule has 0 aromatic carbocycles. The standard InChI is InChI=1S/C12H15N3OS/c1-2-15(8-10-3-5-13-6-4-10)12-14-7-11(9-16)17-12/h3-7,16H,2,8-9H2,1H3. The number of aliphatic hydroxyl groups excluding tert-OH is 1. The summed E-state index contributed by atoms with van der Waals surface area (Å²) >= 11 is 1.53. The molecule has 2 rings (SSSR count). The van der Waals surface area contributed by atoms with Crippen LogP contribution in [0, 0.1) is 0 Å². The summed E-state index contributed by atoms with van der Waals surface area (Å²) in [7, 11) is 0. The van der Waals surface area contributed by atoms with Crippen LogP contribution >= 0.6 is 11.3 Å². The number of pyridine rings is 1. The van der Waals surface area contributed by atoms with Gasteiger partial charge in [-0.2, -0.15) is 0 Å². The molecule has 90 valence electrons. The molecule has 0 amide bonds. The summed E-state index contributed by atoms with van der Waals surface area (Å²) in [6.45, 7) is 3.86. The zero-order chi connectivity index (χ0) is 12.1. The Morgan fingerprint density at radius 3 is 2.71 bits per heavy atom. The van der Waals surface area contributed by atoms with Gasteiger partial charge in [-0.3, -0.25) is 4.98 Å². The number of aliphatic hydroxyl groups is 1. The average Bonchev–Trinajstić information content (AvgIpc) is 2.86. The number of nitrogens with zero attached hydrogens (tertiary/aromatic N) is 3. The molecule has 0 radical (unpaired) electrons. The lowest BCUT2D eigenvalue weighted by molar-refractivity contribution is 0.285. The predicted octanol–water partition coefficient (Wildman–Crippen LogP) is 2.06. The summed E-state index contributed by atoms with van der Waals surface area (Å²) in [6.07, 6.45) is 5.32. The molecule has 2 aromatic rings. The lowest BCUT2D eigenvalue weighted by Crippen LogP contribution is -2.21. The van der Waals surface area contributed by atoms with Crippen molar-refractivity contribution >= 4 is 16.5 Å². The molecule has 5 heteroatoms. The minimum absolute atomic E-state index is 0.0600. The summed E-state index contributed by atoms with van der Waals surface area (Å²) in [4.78, 5) is 11.4. The van der Waals surface area contributed by atoms with Crippen LogP contribution in [0.25, 0.3) is 0 Å². The van der Waals surface area contributed by atoms with E-state index in [2.05, 4.69) is 21.8 Å². The number of aromatic nitrogens is 2. The molecule has 0 aliphatic carbocycles. The number of thiazole rings is 1. The largest absolute Gasteiger partial charge is 0.391 e. The van der Waals surface area contributed by atoms with E-state index < -0.39 is 0 Å². The highest BCUT2D eigenvalue weighted by Gasteiger charge is 2.09. The van der Waals surface area contributed by atoms with E-state index in [1.165, 1.54) is 16.9 Å². The third-order valence-corrected chi connectivity index (χ3v) is 3.52. The molecule has 0 unspecified atom stereocenters. The molecule has 0 bridgehead atoms. The van der Waals surface area contributed by atoms with Gasteiger partial charge in [-0.15, -0.1) is 0 Å².